The number of aromatic nitrogens is 2. The van der Waals surface area contributed by atoms with E-state index in [-0.39, 0.29) is 6.42 Å². The number of carboxylic acid groups (broad SMARTS) is 1. The number of para-hydroxylation sites is 1. The third-order valence-electron chi connectivity index (χ3n) is 2.67. The quantitative estimate of drug-likeness (QED) is 0.762. The predicted molar refractivity (Wildman–Crippen MR) is 67.8 cm³/mol. The van der Waals surface area contributed by atoms with Crippen LogP contribution in [-0.2, 0) is 9.59 Å². The van der Waals surface area contributed by atoms with Gasteiger partial charge in [0.05, 0.1) is 24.3 Å². The lowest BCUT2D eigenvalue weighted by molar-refractivity contribution is -0.137. The van der Waals surface area contributed by atoms with Crippen molar-refractivity contribution in [3.63, 3.8) is 0 Å². The van der Waals surface area contributed by atoms with Gasteiger partial charge in [0.15, 0.2) is 0 Å². The second-order valence-corrected chi connectivity index (χ2v) is 3.99. The molecule has 19 heavy (non-hydrogen) atoms. The van der Waals surface area contributed by atoms with Gasteiger partial charge < -0.3 is 10.4 Å². The molecule has 0 spiro atoms. The molecule has 1 amide bonds. The van der Waals surface area contributed by atoms with E-state index in [1.165, 1.54) is 0 Å². The fourth-order valence-electron chi connectivity index (χ4n) is 1.77. The third-order valence-corrected chi connectivity index (χ3v) is 2.67. The summed E-state index contributed by atoms with van der Waals surface area (Å²) in [6, 6.07) is 8.86. The van der Waals surface area contributed by atoms with Gasteiger partial charge in [0, 0.05) is 11.8 Å². The van der Waals surface area contributed by atoms with Gasteiger partial charge in [-0.1, -0.05) is 18.2 Å². The first-order valence-electron chi connectivity index (χ1n) is 5.72. The van der Waals surface area contributed by atoms with E-state index in [2.05, 4.69) is 10.4 Å². The Morgan fingerprint density at radius 1 is 1.42 bits per heavy atom. The van der Waals surface area contributed by atoms with Crippen molar-refractivity contribution >= 4 is 12.4 Å². The molecule has 0 aliphatic heterocycles. The molecule has 2 aromatic rings. The Bertz CT molecular complexity index is 566. The van der Waals surface area contributed by atoms with E-state index in [1.807, 2.05) is 30.3 Å². The van der Waals surface area contributed by atoms with Crippen LogP contribution in [0.4, 0.5) is 0 Å². The molecule has 0 saturated carbocycles. The normalized spacial score (nSPS) is 11.8. The van der Waals surface area contributed by atoms with E-state index in [4.69, 9.17) is 5.11 Å². The van der Waals surface area contributed by atoms with Crippen molar-refractivity contribution < 1.29 is 14.7 Å². The number of rotatable bonds is 6. The average molecular weight is 259 g/mol. The topological polar surface area (TPSA) is 84.2 Å². The highest BCUT2D eigenvalue weighted by Crippen LogP contribution is 2.17. The predicted octanol–water partition coefficient (Wildman–Crippen LogP) is 1.13. The molecule has 1 unspecified atom stereocenters. The minimum atomic E-state index is -0.980. The third kappa shape index (κ3) is 3.19. The highest BCUT2D eigenvalue weighted by Gasteiger charge is 2.16. The summed E-state index contributed by atoms with van der Waals surface area (Å²) in [6.07, 6.45) is 3.57. The summed E-state index contributed by atoms with van der Waals surface area (Å²) in [5.74, 6) is -0.980. The molecule has 0 aliphatic carbocycles. The number of carboxylic acids is 1. The Hall–Kier alpha value is -2.63. The van der Waals surface area contributed by atoms with E-state index in [1.54, 1.807) is 17.1 Å². The highest BCUT2D eigenvalue weighted by atomic mass is 16.4. The maximum atomic E-state index is 10.8. The van der Waals surface area contributed by atoms with Gasteiger partial charge in [0.1, 0.15) is 0 Å². The molecule has 1 heterocycles. The Kier molecular flexibility index (Phi) is 3.92. The van der Waals surface area contributed by atoms with Gasteiger partial charge in [-0.05, 0) is 12.1 Å². The molecule has 2 N–H and O–H groups in total. The summed E-state index contributed by atoms with van der Waals surface area (Å²) in [5.41, 5.74) is 1.52. The van der Waals surface area contributed by atoms with Gasteiger partial charge in [-0.2, -0.15) is 5.10 Å². The number of hydrogen-bond donors (Lipinski definition) is 2. The number of carbonyl (C=O) groups is 2. The SMILES string of the molecule is O=CNC(CC(=O)O)c1cnn(-c2ccccc2)c1. The van der Waals surface area contributed by atoms with Gasteiger partial charge >= 0.3 is 5.97 Å². The molecule has 1 aromatic heterocycles. The van der Waals surface area contributed by atoms with Crippen LogP contribution in [0, 0.1) is 0 Å². The molecular weight excluding hydrogens is 246 g/mol. The number of aliphatic carboxylic acids is 1. The van der Waals surface area contributed by atoms with Gasteiger partial charge in [0.25, 0.3) is 0 Å². The lowest BCUT2D eigenvalue weighted by Gasteiger charge is -2.10. The van der Waals surface area contributed by atoms with Crippen LogP contribution in [0.2, 0.25) is 0 Å². The van der Waals surface area contributed by atoms with Crippen molar-refractivity contribution in [1.82, 2.24) is 15.1 Å². The van der Waals surface area contributed by atoms with Crippen LogP contribution in [-0.4, -0.2) is 27.3 Å². The number of hydrogen-bond acceptors (Lipinski definition) is 3. The Morgan fingerprint density at radius 2 is 2.16 bits per heavy atom. The minimum Gasteiger partial charge on any atom is -0.481 e. The number of nitrogens with zero attached hydrogens (tertiary/aromatic N) is 2. The Balaban J connectivity index is 2.23. The molecule has 98 valence electrons. The molecule has 1 aromatic carbocycles. The van der Waals surface area contributed by atoms with Crippen molar-refractivity contribution in [2.75, 3.05) is 0 Å². The zero-order valence-corrected chi connectivity index (χ0v) is 10.1. The molecule has 2 rings (SSSR count). The van der Waals surface area contributed by atoms with Crippen LogP contribution < -0.4 is 5.32 Å². The number of amides is 1. The van der Waals surface area contributed by atoms with Gasteiger partial charge in [-0.3, -0.25) is 9.59 Å². The van der Waals surface area contributed by atoms with Crippen molar-refractivity contribution in [3.05, 3.63) is 48.3 Å². The number of carbonyl (C=O) groups excluding carboxylic acids is 1. The van der Waals surface area contributed by atoms with Crippen LogP contribution in [0.15, 0.2) is 42.7 Å². The van der Waals surface area contributed by atoms with E-state index in [0.717, 1.165) is 5.69 Å². The maximum Gasteiger partial charge on any atom is 0.305 e. The van der Waals surface area contributed by atoms with Crippen LogP contribution >= 0.6 is 0 Å². The van der Waals surface area contributed by atoms with Crippen molar-refractivity contribution in [3.8, 4) is 5.69 Å². The molecule has 0 bridgehead atoms. The van der Waals surface area contributed by atoms with Gasteiger partial charge in [0.2, 0.25) is 6.41 Å². The zero-order valence-electron chi connectivity index (χ0n) is 10.1. The van der Waals surface area contributed by atoms with Crippen LogP contribution in [0.3, 0.4) is 0 Å². The molecule has 6 heteroatoms. The Morgan fingerprint density at radius 3 is 2.79 bits per heavy atom. The fraction of sp³-hybridized carbons (Fsp3) is 0.154. The smallest absolute Gasteiger partial charge is 0.305 e. The zero-order chi connectivity index (χ0) is 13.7. The molecule has 0 aliphatic rings. The molecular formula is C13H13N3O3. The molecule has 0 radical (unpaired) electrons. The van der Waals surface area contributed by atoms with E-state index in [9.17, 15) is 9.59 Å². The van der Waals surface area contributed by atoms with E-state index in [0.29, 0.717) is 12.0 Å². The van der Waals surface area contributed by atoms with Crippen LogP contribution in [0.25, 0.3) is 5.69 Å². The summed E-state index contributed by atoms with van der Waals surface area (Å²) in [7, 11) is 0. The summed E-state index contributed by atoms with van der Waals surface area (Å²) in [5, 5.41) is 15.5. The summed E-state index contributed by atoms with van der Waals surface area (Å²) < 4.78 is 1.64. The summed E-state index contributed by atoms with van der Waals surface area (Å²) in [6.45, 7) is 0. The number of benzene rings is 1. The lowest BCUT2D eigenvalue weighted by atomic mass is 10.1. The standard InChI is InChI=1S/C13H13N3O3/c17-9-14-12(6-13(18)19)10-7-15-16(8-10)11-4-2-1-3-5-11/h1-5,7-9,12H,6H2,(H,14,17)(H,18,19). The second kappa shape index (κ2) is 5.81. The molecule has 1 atom stereocenters. The monoisotopic (exact) mass is 259 g/mol. The van der Waals surface area contributed by atoms with E-state index >= 15 is 0 Å². The van der Waals surface area contributed by atoms with Crippen molar-refractivity contribution in [2.45, 2.75) is 12.5 Å². The summed E-state index contributed by atoms with van der Waals surface area (Å²) in [4.78, 5) is 21.3. The largest absolute Gasteiger partial charge is 0.481 e. The van der Waals surface area contributed by atoms with Crippen LogP contribution in [0.1, 0.15) is 18.0 Å². The average Bonchev–Trinajstić information content (AvgIpc) is 2.88. The first-order valence-corrected chi connectivity index (χ1v) is 5.72. The van der Waals surface area contributed by atoms with Gasteiger partial charge in [-0.25, -0.2) is 4.68 Å². The summed E-state index contributed by atoms with van der Waals surface area (Å²) >= 11 is 0. The lowest BCUT2D eigenvalue weighted by Crippen LogP contribution is -2.22. The van der Waals surface area contributed by atoms with Crippen LogP contribution in [0.5, 0.6) is 0 Å². The number of nitrogens with one attached hydrogen (secondary N) is 1. The molecule has 6 nitrogen and oxygen atoms in total. The fourth-order valence-corrected chi connectivity index (χ4v) is 1.77. The minimum absolute atomic E-state index is 0.181. The first kappa shape index (κ1) is 12.8. The van der Waals surface area contributed by atoms with Crippen molar-refractivity contribution in [1.29, 1.82) is 0 Å². The molecule has 0 fully saturated rings. The van der Waals surface area contributed by atoms with E-state index < -0.39 is 12.0 Å². The maximum absolute atomic E-state index is 10.8. The first-order chi connectivity index (χ1) is 9.20. The van der Waals surface area contributed by atoms with Gasteiger partial charge in [-0.15, -0.1) is 0 Å². The second-order valence-electron chi connectivity index (χ2n) is 3.99. The highest BCUT2D eigenvalue weighted by molar-refractivity contribution is 5.68. The molecule has 0 saturated heterocycles. The van der Waals surface area contributed by atoms with Crippen molar-refractivity contribution in [2.24, 2.45) is 0 Å². The Labute approximate surface area is 109 Å².